The van der Waals surface area contributed by atoms with E-state index < -0.39 is 0 Å². The lowest BCUT2D eigenvalue weighted by Gasteiger charge is -2.07. The number of fused-ring (bicyclic) bond motifs is 2. The van der Waals surface area contributed by atoms with Crippen molar-refractivity contribution in [1.82, 2.24) is 0 Å². The van der Waals surface area contributed by atoms with Crippen LogP contribution in [-0.4, -0.2) is 3.92 Å². The maximum Gasteiger partial charge on any atom is 0.0178 e. The van der Waals surface area contributed by atoms with E-state index in [2.05, 4.69) is 34.7 Å². The fourth-order valence-electron chi connectivity index (χ4n) is 1.71. The molecule has 2 aliphatic carbocycles. The van der Waals surface area contributed by atoms with E-state index in [1.54, 1.807) is 0 Å². The summed E-state index contributed by atoms with van der Waals surface area (Å²) in [6.45, 7) is 0. The quantitative estimate of drug-likeness (QED) is 0.334. The third kappa shape index (κ3) is 0.634. The highest BCUT2D eigenvalue weighted by Gasteiger charge is 2.33. The van der Waals surface area contributed by atoms with Crippen molar-refractivity contribution in [1.29, 1.82) is 0 Å². The molecule has 1 heteroatoms. The van der Waals surface area contributed by atoms with Crippen LogP contribution in [0.25, 0.3) is 0 Å². The number of rotatable bonds is 0. The molecule has 2 aliphatic rings. The summed E-state index contributed by atoms with van der Waals surface area (Å²) in [4.78, 5) is 0. The highest BCUT2D eigenvalue weighted by molar-refractivity contribution is 14.1. The van der Waals surface area contributed by atoms with Gasteiger partial charge in [-0.2, -0.15) is 0 Å². The van der Waals surface area contributed by atoms with E-state index in [1.807, 2.05) is 0 Å². The smallest absolute Gasteiger partial charge is 0.0178 e. The summed E-state index contributed by atoms with van der Waals surface area (Å²) in [5.74, 6) is 1.91. The van der Waals surface area contributed by atoms with Gasteiger partial charge in [0.2, 0.25) is 0 Å². The summed E-state index contributed by atoms with van der Waals surface area (Å²) in [7, 11) is 0. The number of alkyl halides is 1. The lowest BCUT2D eigenvalue weighted by Crippen LogP contribution is -2.02. The van der Waals surface area contributed by atoms with Crippen molar-refractivity contribution >= 4 is 22.6 Å². The van der Waals surface area contributed by atoms with Gasteiger partial charge in [-0.05, 0) is 24.7 Å². The van der Waals surface area contributed by atoms with Gasteiger partial charge in [-0.25, -0.2) is 0 Å². The molecule has 0 heterocycles. The second-order valence-corrected chi connectivity index (χ2v) is 4.40. The van der Waals surface area contributed by atoms with Crippen LogP contribution in [0, 0.1) is 11.8 Å². The zero-order valence-corrected chi connectivity index (χ0v) is 6.84. The monoisotopic (exact) mass is 220 g/mol. The van der Waals surface area contributed by atoms with Gasteiger partial charge >= 0.3 is 0 Å². The van der Waals surface area contributed by atoms with Crippen molar-refractivity contribution in [2.24, 2.45) is 11.8 Å². The number of hydrogen-bond acceptors (Lipinski definition) is 0. The molecule has 0 nitrogen and oxygen atoms in total. The van der Waals surface area contributed by atoms with Crippen molar-refractivity contribution in [3.63, 3.8) is 0 Å². The SMILES string of the molecule is IC1CC2C=CC1C2. The Kier molecular flexibility index (Phi) is 1.14. The molecular weight excluding hydrogens is 211 g/mol. The maximum absolute atomic E-state index is 2.57. The average Bonchev–Trinajstić information content (AvgIpc) is 2.23. The topological polar surface area (TPSA) is 0 Å². The van der Waals surface area contributed by atoms with Crippen molar-refractivity contribution < 1.29 is 0 Å². The summed E-state index contributed by atoms with van der Waals surface area (Å²) in [5, 5.41) is 0. The molecule has 2 rings (SSSR count). The third-order valence-electron chi connectivity index (χ3n) is 2.20. The first-order valence-corrected chi connectivity index (χ1v) is 4.43. The first-order chi connectivity index (χ1) is 3.86. The fraction of sp³-hybridized carbons (Fsp3) is 0.714. The predicted octanol–water partition coefficient (Wildman–Crippen LogP) is 2.39. The van der Waals surface area contributed by atoms with Crippen LogP contribution in [0.15, 0.2) is 12.2 Å². The molecule has 44 valence electrons. The highest BCUT2D eigenvalue weighted by atomic mass is 127. The van der Waals surface area contributed by atoms with E-state index in [1.165, 1.54) is 12.8 Å². The third-order valence-corrected chi connectivity index (χ3v) is 3.63. The average molecular weight is 220 g/mol. The summed E-state index contributed by atoms with van der Waals surface area (Å²) < 4.78 is 0.961. The zero-order chi connectivity index (χ0) is 5.56. The molecule has 1 saturated carbocycles. The van der Waals surface area contributed by atoms with Gasteiger partial charge in [0.1, 0.15) is 0 Å². The molecule has 3 unspecified atom stereocenters. The van der Waals surface area contributed by atoms with E-state index in [-0.39, 0.29) is 0 Å². The zero-order valence-electron chi connectivity index (χ0n) is 4.68. The van der Waals surface area contributed by atoms with Crippen LogP contribution < -0.4 is 0 Å². The summed E-state index contributed by atoms with van der Waals surface area (Å²) in [6, 6.07) is 0. The van der Waals surface area contributed by atoms with Gasteiger partial charge in [-0.3, -0.25) is 0 Å². The Hall–Kier alpha value is 0.470. The Morgan fingerprint density at radius 1 is 1.25 bits per heavy atom. The van der Waals surface area contributed by atoms with Gasteiger partial charge in [0.05, 0.1) is 0 Å². The molecule has 2 bridgehead atoms. The minimum absolute atomic E-state index is 0.945. The van der Waals surface area contributed by atoms with Crippen molar-refractivity contribution in [3.05, 3.63) is 12.2 Å². The molecule has 0 amide bonds. The van der Waals surface area contributed by atoms with Crippen LogP contribution >= 0.6 is 22.6 Å². The number of hydrogen-bond donors (Lipinski definition) is 0. The molecule has 0 aromatic heterocycles. The first-order valence-electron chi connectivity index (χ1n) is 3.18. The molecule has 0 aromatic rings. The molecule has 8 heavy (non-hydrogen) atoms. The largest absolute Gasteiger partial charge is 0.0850 e. The van der Waals surface area contributed by atoms with Gasteiger partial charge in [0.25, 0.3) is 0 Å². The van der Waals surface area contributed by atoms with Gasteiger partial charge < -0.3 is 0 Å². The first kappa shape index (κ1) is 5.27. The molecule has 0 saturated heterocycles. The summed E-state index contributed by atoms with van der Waals surface area (Å²) in [5.41, 5.74) is 0. The second-order valence-electron chi connectivity index (χ2n) is 2.80. The fourth-order valence-corrected chi connectivity index (χ4v) is 2.90. The molecule has 0 spiro atoms. The normalized spacial score (nSPS) is 50.9. The van der Waals surface area contributed by atoms with Crippen molar-refractivity contribution in [2.75, 3.05) is 0 Å². The van der Waals surface area contributed by atoms with E-state index in [0.717, 1.165) is 15.8 Å². The Bertz CT molecular complexity index is 128. The molecular formula is C7H9I. The molecule has 0 N–H and O–H groups in total. The van der Waals surface area contributed by atoms with Gasteiger partial charge in [0, 0.05) is 3.92 Å². The standard InChI is InChI=1S/C7H9I/c8-7-4-5-1-2-6(7)3-5/h1-2,5-7H,3-4H2. The maximum atomic E-state index is 2.57. The molecule has 3 atom stereocenters. The summed E-state index contributed by atoms with van der Waals surface area (Å²) in [6.07, 6.45) is 7.68. The van der Waals surface area contributed by atoms with Gasteiger partial charge in [0.15, 0.2) is 0 Å². The minimum atomic E-state index is 0.945. The summed E-state index contributed by atoms with van der Waals surface area (Å²) >= 11 is 2.57. The Morgan fingerprint density at radius 2 is 2.12 bits per heavy atom. The van der Waals surface area contributed by atoms with Gasteiger partial charge in [-0.15, -0.1) is 0 Å². The number of halogens is 1. The van der Waals surface area contributed by atoms with E-state index in [9.17, 15) is 0 Å². The predicted molar refractivity (Wildman–Crippen MR) is 43.2 cm³/mol. The molecule has 0 aliphatic heterocycles. The van der Waals surface area contributed by atoms with E-state index in [0.29, 0.717) is 0 Å². The van der Waals surface area contributed by atoms with Crippen LogP contribution in [0.2, 0.25) is 0 Å². The number of allylic oxidation sites excluding steroid dienone is 2. The lowest BCUT2D eigenvalue weighted by atomic mass is 10.1. The molecule has 0 aromatic carbocycles. The van der Waals surface area contributed by atoms with Crippen molar-refractivity contribution in [2.45, 2.75) is 16.8 Å². The van der Waals surface area contributed by atoms with E-state index >= 15 is 0 Å². The molecule has 1 fully saturated rings. The van der Waals surface area contributed by atoms with Gasteiger partial charge in [-0.1, -0.05) is 34.7 Å². The van der Waals surface area contributed by atoms with Crippen LogP contribution in [0.4, 0.5) is 0 Å². The minimum Gasteiger partial charge on any atom is -0.0850 e. The van der Waals surface area contributed by atoms with Crippen LogP contribution in [0.3, 0.4) is 0 Å². The Labute approximate surface area is 63.5 Å². The van der Waals surface area contributed by atoms with E-state index in [4.69, 9.17) is 0 Å². The Morgan fingerprint density at radius 3 is 2.38 bits per heavy atom. The lowest BCUT2D eigenvalue weighted by molar-refractivity contribution is 0.693. The highest BCUT2D eigenvalue weighted by Crippen LogP contribution is 2.42. The van der Waals surface area contributed by atoms with Crippen LogP contribution in [-0.2, 0) is 0 Å². The molecule has 0 radical (unpaired) electrons. The second kappa shape index (κ2) is 1.72. The van der Waals surface area contributed by atoms with Crippen LogP contribution in [0.1, 0.15) is 12.8 Å². The van der Waals surface area contributed by atoms with Crippen LogP contribution in [0.5, 0.6) is 0 Å². The Balaban J connectivity index is 2.23. The van der Waals surface area contributed by atoms with Crippen molar-refractivity contribution in [3.8, 4) is 0 Å².